The number of anilines is 1. The van der Waals surface area contributed by atoms with E-state index in [0.717, 1.165) is 19.4 Å². The van der Waals surface area contributed by atoms with E-state index in [1.165, 1.54) is 18.2 Å². The van der Waals surface area contributed by atoms with Crippen LogP contribution in [-0.2, 0) is 4.79 Å². The van der Waals surface area contributed by atoms with Gasteiger partial charge in [0, 0.05) is 17.4 Å². The molecule has 1 unspecified atom stereocenters. The Bertz CT molecular complexity index is 473. The molecule has 1 aliphatic heterocycles. The number of thioether (sulfide) groups is 1. The molecule has 0 bridgehead atoms. The molecule has 0 spiro atoms. The quantitative estimate of drug-likeness (QED) is 0.838. The van der Waals surface area contributed by atoms with Crippen molar-refractivity contribution in [1.29, 1.82) is 0 Å². The van der Waals surface area contributed by atoms with Gasteiger partial charge in [-0.3, -0.25) is 4.79 Å². The summed E-state index contributed by atoms with van der Waals surface area (Å²) in [7, 11) is 0. The highest BCUT2D eigenvalue weighted by Gasteiger charge is 2.30. The second-order valence-corrected chi connectivity index (χ2v) is 5.70. The van der Waals surface area contributed by atoms with Crippen LogP contribution in [0.3, 0.4) is 0 Å². The minimum atomic E-state index is -4.37. The number of hydrogen-bond donors (Lipinski definition) is 2. The predicted molar refractivity (Wildman–Crippen MR) is 72.6 cm³/mol. The average Bonchev–Trinajstić information content (AvgIpc) is 2.82. The number of para-hydroxylation sites is 1. The zero-order valence-corrected chi connectivity index (χ0v) is 11.5. The first-order valence-electron chi connectivity index (χ1n) is 6.32. The van der Waals surface area contributed by atoms with Gasteiger partial charge in [-0.15, -0.1) is 0 Å². The number of amides is 1. The molecule has 1 amide bonds. The largest absolute Gasteiger partial charge is 0.446 e. The van der Waals surface area contributed by atoms with Crippen molar-refractivity contribution in [3.8, 4) is 0 Å². The summed E-state index contributed by atoms with van der Waals surface area (Å²) in [6.45, 7) is 0.887. The monoisotopic (exact) mass is 304 g/mol. The van der Waals surface area contributed by atoms with Crippen LogP contribution < -0.4 is 10.6 Å². The molecular formula is C13H15F3N2OS. The molecule has 3 nitrogen and oxygen atoms in total. The number of carbonyl (C=O) groups excluding carboxylic acids is 1. The highest BCUT2D eigenvalue weighted by Crippen LogP contribution is 2.40. The van der Waals surface area contributed by atoms with E-state index >= 15 is 0 Å². The molecule has 1 heterocycles. The summed E-state index contributed by atoms with van der Waals surface area (Å²) in [6.07, 6.45) is 2.23. The number of carbonyl (C=O) groups is 1. The molecule has 7 heteroatoms. The van der Waals surface area contributed by atoms with Crippen LogP contribution in [0.2, 0.25) is 0 Å². The van der Waals surface area contributed by atoms with Crippen molar-refractivity contribution in [1.82, 2.24) is 5.32 Å². The van der Waals surface area contributed by atoms with E-state index in [9.17, 15) is 18.0 Å². The Hall–Kier alpha value is -1.21. The molecule has 20 heavy (non-hydrogen) atoms. The van der Waals surface area contributed by atoms with Gasteiger partial charge in [-0.1, -0.05) is 12.1 Å². The molecule has 0 aliphatic carbocycles. The molecule has 1 aromatic carbocycles. The van der Waals surface area contributed by atoms with E-state index in [1.807, 2.05) is 0 Å². The molecule has 0 saturated carbocycles. The number of rotatable bonds is 4. The fourth-order valence-electron chi connectivity index (χ4n) is 2.14. The third-order valence-electron chi connectivity index (χ3n) is 2.98. The van der Waals surface area contributed by atoms with E-state index in [2.05, 4.69) is 10.6 Å². The van der Waals surface area contributed by atoms with Crippen molar-refractivity contribution >= 4 is 23.4 Å². The van der Waals surface area contributed by atoms with E-state index < -0.39 is 5.51 Å². The fraction of sp³-hybridized carbons (Fsp3) is 0.462. The first-order valence-corrected chi connectivity index (χ1v) is 7.14. The van der Waals surface area contributed by atoms with Crippen molar-refractivity contribution in [3.63, 3.8) is 0 Å². The highest BCUT2D eigenvalue weighted by atomic mass is 32.2. The molecule has 1 fully saturated rings. The molecule has 1 saturated heterocycles. The third-order valence-corrected chi connectivity index (χ3v) is 3.79. The van der Waals surface area contributed by atoms with Crippen LogP contribution in [0.25, 0.3) is 0 Å². The van der Waals surface area contributed by atoms with Crippen molar-refractivity contribution < 1.29 is 18.0 Å². The van der Waals surface area contributed by atoms with Crippen LogP contribution >= 0.6 is 11.8 Å². The molecule has 2 rings (SSSR count). The molecule has 1 atom stereocenters. The van der Waals surface area contributed by atoms with Gasteiger partial charge in [0.25, 0.3) is 0 Å². The SMILES string of the molecule is O=C(CC1CCCN1)Nc1ccccc1SC(F)(F)F. The van der Waals surface area contributed by atoms with Gasteiger partial charge in [0.1, 0.15) is 0 Å². The Labute approximate surface area is 119 Å². The fourth-order valence-corrected chi connectivity index (χ4v) is 2.76. The van der Waals surface area contributed by atoms with Crippen molar-refractivity contribution in [2.75, 3.05) is 11.9 Å². The van der Waals surface area contributed by atoms with Crippen molar-refractivity contribution in [2.45, 2.75) is 35.7 Å². The topological polar surface area (TPSA) is 41.1 Å². The summed E-state index contributed by atoms with van der Waals surface area (Å²) in [6, 6.07) is 6.07. The van der Waals surface area contributed by atoms with E-state index in [1.54, 1.807) is 6.07 Å². The smallest absolute Gasteiger partial charge is 0.325 e. The lowest BCUT2D eigenvalue weighted by Crippen LogP contribution is -2.27. The minimum absolute atomic E-state index is 0.00716. The Morgan fingerprint density at radius 3 is 2.80 bits per heavy atom. The van der Waals surface area contributed by atoms with Crippen molar-refractivity contribution in [2.24, 2.45) is 0 Å². The Morgan fingerprint density at radius 1 is 1.40 bits per heavy atom. The zero-order valence-electron chi connectivity index (χ0n) is 10.7. The van der Waals surface area contributed by atoms with Gasteiger partial charge in [0.15, 0.2) is 0 Å². The second kappa shape index (κ2) is 6.49. The maximum atomic E-state index is 12.4. The van der Waals surface area contributed by atoms with Crippen LogP contribution in [0, 0.1) is 0 Å². The van der Waals surface area contributed by atoms with Crippen molar-refractivity contribution in [3.05, 3.63) is 24.3 Å². The maximum Gasteiger partial charge on any atom is 0.446 e. The van der Waals surface area contributed by atoms with Crippen LogP contribution in [0.1, 0.15) is 19.3 Å². The van der Waals surface area contributed by atoms with Crippen LogP contribution in [-0.4, -0.2) is 24.0 Å². The predicted octanol–water partition coefficient (Wildman–Crippen LogP) is 3.38. The molecule has 1 aliphatic rings. The number of benzene rings is 1. The molecule has 110 valence electrons. The number of alkyl halides is 3. The molecule has 0 radical (unpaired) electrons. The van der Waals surface area contributed by atoms with Crippen LogP contribution in [0.5, 0.6) is 0 Å². The molecular weight excluding hydrogens is 289 g/mol. The lowest BCUT2D eigenvalue weighted by molar-refractivity contribution is -0.116. The summed E-state index contributed by atoms with van der Waals surface area (Å²) in [4.78, 5) is 11.9. The number of nitrogens with one attached hydrogen (secondary N) is 2. The van der Waals surface area contributed by atoms with E-state index in [0.29, 0.717) is 0 Å². The van der Waals surface area contributed by atoms with Crippen LogP contribution in [0.4, 0.5) is 18.9 Å². The van der Waals surface area contributed by atoms with Gasteiger partial charge < -0.3 is 10.6 Å². The molecule has 1 aromatic rings. The lowest BCUT2D eigenvalue weighted by Gasteiger charge is -2.14. The first kappa shape index (κ1) is 15.2. The summed E-state index contributed by atoms with van der Waals surface area (Å²) in [5, 5.41) is 5.74. The zero-order chi connectivity index (χ0) is 14.6. The number of halogens is 3. The summed E-state index contributed by atoms with van der Waals surface area (Å²) in [5.41, 5.74) is -4.16. The molecule has 2 N–H and O–H groups in total. The summed E-state index contributed by atoms with van der Waals surface area (Å²) in [5.74, 6) is -0.264. The van der Waals surface area contributed by atoms with E-state index in [-0.39, 0.29) is 40.7 Å². The van der Waals surface area contributed by atoms with E-state index in [4.69, 9.17) is 0 Å². The minimum Gasteiger partial charge on any atom is -0.325 e. The Balaban J connectivity index is 1.99. The van der Waals surface area contributed by atoms with Gasteiger partial charge in [-0.25, -0.2) is 0 Å². The second-order valence-electron chi connectivity index (χ2n) is 4.59. The standard InChI is InChI=1S/C13H15F3N2OS/c14-13(15,16)20-11-6-2-1-5-10(11)18-12(19)8-9-4-3-7-17-9/h1-2,5-6,9,17H,3-4,7-8H2,(H,18,19). The van der Waals surface area contributed by atoms with Gasteiger partial charge in [0.2, 0.25) is 5.91 Å². The average molecular weight is 304 g/mol. The molecule has 0 aromatic heterocycles. The summed E-state index contributed by atoms with van der Waals surface area (Å²) < 4.78 is 37.3. The lowest BCUT2D eigenvalue weighted by atomic mass is 10.1. The highest BCUT2D eigenvalue weighted by molar-refractivity contribution is 8.00. The number of hydrogen-bond acceptors (Lipinski definition) is 3. The van der Waals surface area contributed by atoms with Gasteiger partial charge in [0.05, 0.1) is 5.69 Å². The van der Waals surface area contributed by atoms with Gasteiger partial charge >= 0.3 is 5.51 Å². The third kappa shape index (κ3) is 4.72. The first-order chi connectivity index (χ1) is 9.44. The normalized spacial score (nSPS) is 19.1. The van der Waals surface area contributed by atoms with Crippen LogP contribution in [0.15, 0.2) is 29.2 Å². The summed E-state index contributed by atoms with van der Waals surface area (Å²) >= 11 is -0.218. The Kier molecular flexibility index (Phi) is 4.93. The Morgan fingerprint density at radius 2 is 2.15 bits per heavy atom. The van der Waals surface area contributed by atoms with Gasteiger partial charge in [-0.2, -0.15) is 13.2 Å². The maximum absolute atomic E-state index is 12.4. The van der Waals surface area contributed by atoms with Gasteiger partial charge in [-0.05, 0) is 43.3 Å².